The standard InChI is InChI=1S/C14H10FN3O2/c1-8-17-11-7-10(2-3-12(11)20-8)18-14(19)9-4-5-16-13(15)6-9/h2-7H,1H3,(H,18,19). The number of hydrogen-bond acceptors (Lipinski definition) is 4. The Hall–Kier alpha value is -2.76. The summed E-state index contributed by atoms with van der Waals surface area (Å²) in [6.07, 6.45) is 1.24. The zero-order valence-electron chi connectivity index (χ0n) is 10.6. The molecule has 0 saturated carbocycles. The first-order valence-electron chi connectivity index (χ1n) is 5.92. The fourth-order valence-electron chi connectivity index (χ4n) is 1.87. The number of nitrogens with zero attached hydrogens (tertiary/aromatic N) is 2. The Kier molecular flexibility index (Phi) is 2.90. The number of aromatic nitrogens is 2. The lowest BCUT2D eigenvalue weighted by Gasteiger charge is -2.04. The maximum atomic E-state index is 13.0. The normalized spacial score (nSPS) is 10.7. The molecule has 6 heteroatoms. The first-order chi connectivity index (χ1) is 9.61. The number of pyridine rings is 1. The van der Waals surface area contributed by atoms with E-state index in [-0.39, 0.29) is 5.56 Å². The quantitative estimate of drug-likeness (QED) is 0.728. The number of fused-ring (bicyclic) bond motifs is 1. The maximum Gasteiger partial charge on any atom is 0.255 e. The molecule has 0 spiro atoms. The summed E-state index contributed by atoms with van der Waals surface area (Å²) in [5, 5.41) is 2.67. The fraction of sp³-hybridized carbons (Fsp3) is 0.0714. The molecular weight excluding hydrogens is 261 g/mol. The predicted octanol–water partition coefficient (Wildman–Crippen LogP) is 2.92. The molecule has 0 saturated heterocycles. The molecule has 0 aliphatic heterocycles. The van der Waals surface area contributed by atoms with Gasteiger partial charge in [-0.25, -0.2) is 9.97 Å². The number of rotatable bonds is 2. The molecule has 0 atom stereocenters. The average molecular weight is 271 g/mol. The monoisotopic (exact) mass is 271 g/mol. The van der Waals surface area contributed by atoms with Gasteiger partial charge >= 0.3 is 0 Å². The van der Waals surface area contributed by atoms with Crippen LogP contribution in [0.3, 0.4) is 0 Å². The van der Waals surface area contributed by atoms with Crippen LogP contribution < -0.4 is 5.32 Å². The summed E-state index contributed by atoms with van der Waals surface area (Å²) in [5.41, 5.74) is 2.07. The number of anilines is 1. The SMILES string of the molecule is Cc1nc2cc(NC(=O)c3ccnc(F)c3)ccc2o1. The Morgan fingerprint density at radius 3 is 2.95 bits per heavy atom. The fourth-order valence-corrected chi connectivity index (χ4v) is 1.87. The van der Waals surface area contributed by atoms with Gasteiger partial charge in [0.2, 0.25) is 5.95 Å². The van der Waals surface area contributed by atoms with E-state index in [0.29, 0.717) is 22.7 Å². The lowest BCUT2D eigenvalue weighted by Crippen LogP contribution is -2.12. The summed E-state index contributed by atoms with van der Waals surface area (Å²) in [4.78, 5) is 19.5. The number of oxazole rings is 1. The molecule has 1 N–H and O–H groups in total. The van der Waals surface area contributed by atoms with Crippen LogP contribution in [0.4, 0.5) is 10.1 Å². The lowest BCUT2D eigenvalue weighted by atomic mass is 10.2. The van der Waals surface area contributed by atoms with Crippen molar-refractivity contribution in [3.05, 3.63) is 53.9 Å². The number of carbonyl (C=O) groups is 1. The highest BCUT2D eigenvalue weighted by Crippen LogP contribution is 2.20. The molecule has 0 radical (unpaired) electrons. The van der Waals surface area contributed by atoms with Gasteiger partial charge in [0, 0.05) is 30.4 Å². The topological polar surface area (TPSA) is 68.0 Å². The van der Waals surface area contributed by atoms with Crippen molar-refractivity contribution in [2.75, 3.05) is 5.32 Å². The minimum Gasteiger partial charge on any atom is -0.441 e. The Morgan fingerprint density at radius 2 is 2.15 bits per heavy atom. The van der Waals surface area contributed by atoms with Crippen LogP contribution in [0.5, 0.6) is 0 Å². The molecule has 3 aromatic rings. The van der Waals surface area contributed by atoms with Gasteiger partial charge in [-0.1, -0.05) is 0 Å². The molecule has 100 valence electrons. The van der Waals surface area contributed by atoms with Crippen molar-refractivity contribution >= 4 is 22.7 Å². The summed E-state index contributed by atoms with van der Waals surface area (Å²) < 4.78 is 18.3. The van der Waals surface area contributed by atoms with E-state index in [1.165, 1.54) is 12.3 Å². The zero-order valence-corrected chi connectivity index (χ0v) is 10.6. The van der Waals surface area contributed by atoms with Gasteiger partial charge in [0.05, 0.1) is 0 Å². The molecule has 1 aromatic carbocycles. The van der Waals surface area contributed by atoms with E-state index < -0.39 is 11.9 Å². The molecule has 5 nitrogen and oxygen atoms in total. The van der Waals surface area contributed by atoms with E-state index in [9.17, 15) is 9.18 Å². The third-order valence-electron chi connectivity index (χ3n) is 2.74. The van der Waals surface area contributed by atoms with Crippen LogP contribution in [-0.2, 0) is 0 Å². The Morgan fingerprint density at radius 1 is 1.30 bits per heavy atom. The van der Waals surface area contributed by atoms with Gasteiger partial charge in [-0.3, -0.25) is 4.79 Å². The molecule has 0 unspecified atom stereocenters. The van der Waals surface area contributed by atoms with E-state index in [1.54, 1.807) is 25.1 Å². The second-order valence-corrected chi connectivity index (χ2v) is 4.24. The highest BCUT2D eigenvalue weighted by atomic mass is 19.1. The van der Waals surface area contributed by atoms with E-state index in [2.05, 4.69) is 15.3 Å². The molecule has 20 heavy (non-hydrogen) atoms. The summed E-state index contributed by atoms with van der Waals surface area (Å²) in [6, 6.07) is 7.63. The van der Waals surface area contributed by atoms with Crippen LogP contribution >= 0.6 is 0 Å². The molecule has 2 aromatic heterocycles. The van der Waals surface area contributed by atoms with Crippen molar-refractivity contribution < 1.29 is 13.6 Å². The minimum atomic E-state index is -0.694. The Balaban J connectivity index is 1.87. The first-order valence-corrected chi connectivity index (χ1v) is 5.92. The minimum absolute atomic E-state index is 0.203. The number of aryl methyl sites for hydroxylation is 1. The highest BCUT2D eigenvalue weighted by Gasteiger charge is 2.09. The van der Waals surface area contributed by atoms with Crippen molar-refractivity contribution in [2.45, 2.75) is 6.92 Å². The molecule has 1 amide bonds. The number of hydrogen-bond donors (Lipinski definition) is 1. The second kappa shape index (κ2) is 4.73. The zero-order chi connectivity index (χ0) is 14.1. The van der Waals surface area contributed by atoms with Gasteiger partial charge in [-0.15, -0.1) is 0 Å². The van der Waals surface area contributed by atoms with Crippen molar-refractivity contribution in [3.8, 4) is 0 Å². The highest BCUT2D eigenvalue weighted by molar-refractivity contribution is 6.04. The number of amides is 1. The largest absolute Gasteiger partial charge is 0.441 e. The molecular formula is C14H10FN3O2. The van der Waals surface area contributed by atoms with Crippen molar-refractivity contribution in [1.29, 1.82) is 0 Å². The van der Waals surface area contributed by atoms with Gasteiger partial charge in [-0.2, -0.15) is 4.39 Å². The lowest BCUT2D eigenvalue weighted by molar-refractivity contribution is 0.102. The first kappa shape index (κ1) is 12.3. The van der Waals surface area contributed by atoms with Gasteiger partial charge < -0.3 is 9.73 Å². The van der Waals surface area contributed by atoms with Gasteiger partial charge in [0.15, 0.2) is 11.5 Å². The van der Waals surface area contributed by atoms with Gasteiger partial charge in [0.1, 0.15) is 5.52 Å². The molecule has 0 fully saturated rings. The van der Waals surface area contributed by atoms with Crippen molar-refractivity contribution in [2.24, 2.45) is 0 Å². The third kappa shape index (κ3) is 2.35. The third-order valence-corrected chi connectivity index (χ3v) is 2.74. The molecule has 0 aliphatic carbocycles. The number of carbonyl (C=O) groups excluding carboxylic acids is 1. The van der Waals surface area contributed by atoms with Crippen LogP contribution in [0.25, 0.3) is 11.1 Å². The van der Waals surface area contributed by atoms with Crippen molar-refractivity contribution in [1.82, 2.24) is 9.97 Å². The number of benzene rings is 1. The number of halogens is 1. The van der Waals surface area contributed by atoms with Gasteiger partial charge in [0.25, 0.3) is 5.91 Å². The predicted molar refractivity (Wildman–Crippen MR) is 70.9 cm³/mol. The van der Waals surface area contributed by atoms with Crippen LogP contribution in [-0.4, -0.2) is 15.9 Å². The van der Waals surface area contributed by atoms with Crippen molar-refractivity contribution in [3.63, 3.8) is 0 Å². The van der Waals surface area contributed by atoms with Crippen LogP contribution in [0, 0.1) is 12.9 Å². The Bertz CT molecular complexity index is 798. The van der Waals surface area contributed by atoms with E-state index >= 15 is 0 Å². The summed E-state index contributed by atoms with van der Waals surface area (Å²) in [6.45, 7) is 1.75. The second-order valence-electron chi connectivity index (χ2n) is 4.24. The molecule has 0 aliphatic rings. The molecule has 0 bridgehead atoms. The van der Waals surface area contributed by atoms with Crippen LogP contribution in [0.2, 0.25) is 0 Å². The maximum absolute atomic E-state index is 13.0. The van der Waals surface area contributed by atoms with Crippen LogP contribution in [0.15, 0.2) is 40.9 Å². The van der Waals surface area contributed by atoms with Gasteiger partial charge in [-0.05, 0) is 24.3 Å². The summed E-state index contributed by atoms with van der Waals surface area (Å²) in [7, 11) is 0. The van der Waals surface area contributed by atoms with E-state index in [0.717, 1.165) is 6.07 Å². The summed E-state index contributed by atoms with van der Waals surface area (Å²) in [5.74, 6) is -0.550. The van der Waals surface area contributed by atoms with Crippen LogP contribution in [0.1, 0.15) is 16.2 Å². The molecule has 2 heterocycles. The van der Waals surface area contributed by atoms with E-state index in [1.807, 2.05) is 0 Å². The Labute approximate surface area is 113 Å². The summed E-state index contributed by atoms with van der Waals surface area (Å²) >= 11 is 0. The smallest absolute Gasteiger partial charge is 0.255 e. The average Bonchev–Trinajstić information content (AvgIpc) is 2.78. The number of nitrogens with one attached hydrogen (secondary N) is 1. The van der Waals surface area contributed by atoms with E-state index in [4.69, 9.17) is 4.42 Å². The molecule has 3 rings (SSSR count).